The summed E-state index contributed by atoms with van der Waals surface area (Å²) in [5.74, 6) is -2.29. The zero-order valence-electron chi connectivity index (χ0n) is 14.5. The SMILES string of the molecule is C[C@@H](OC(=O)CCn1c(=O)oc2ccccc21)C(=O)Nc1cccc(F)c1. The van der Waals surface area contributed by atoms with Crippen LogP contribution in [0, 0.1) is 5.82 Å². The number of fused-ring (bicyclic) bond motifs is 1. The lowest BCUT2D eigenvalue weighted by molar-refractivity contribution is -0.153. The van der Waals surface area contributed by atoms with Gasteiger partial charge in [0.05, 0.1) is 11.9 Å². The van der Waals surface area contributed by atoms with Crippen molar-refractivity contribution in [1.29, 1.82) is 0 Å². The maximum atomic E-state index is 13.1. The van der Waals surface area contributed by atoms with Gasteiger partial charge in [-0.1, -0.05) is 18.2 Å². The van der Waals surface area contributed by atoms with Gasteiger partial charge in [0, 0.05) is 12.2 Å². The van der Waals surface area contributed by atoms with Gasteiger partial charge in [-0.25, -0.2) is 9.18 Å². The van der Waals surface area contributed by atoms with Gasteiger partial charge in [0.2, 0.25) is 0 Å². The molecule has 8 heteroatoms. The number of aryl methyl sites for hydroxylation is 1. The molecule has 0 radical (unpaired) electrons. The van der Waals surface area contributed by atoms with Gasteiger partial charge in [0.1, 0.15) is 5.82 Å². The Labute approximate surface area is 153 Å². The molecule has 1 atom stereocenters. The summed E-state index contributed by atoms with van der Waals surface area (Å²) in [4.78, 5) is 35.9. The quantitative estimate of drug-likeness (QED) is 0.672. The van der Waals surface area contributed by atoms with Crippen molar-refractivity contribution in [2.45, 2.75) is 26.0 Å². The van der Waals surface area contributed by atoms with Crippen LogP contribution < -0.4 is 11.1 Å². The van der Waals surface area contributed by atoms with Crippen molar-refractivity contribution >= 4 is 28.7 Å². The number of benzene rings is 2. The van der Waals surface area contributed by atoms with Crippen molar-refractivity contribution < 1.29 is 23.1 Å². The molecule has 0 aliphatic heterocycles. The van der Waals surface area contributed by atoms with E-state index in [9.17, 15) is 18.8 Å². The number of carbonyl (C=O) groups is 2. The maximum absolute atomic E-state index is 13.1. The molecular weight excluding hydrogens is 355 g/mol. The first-order valence-electron chi connectivity index (χ1n) is 8.28. The predicted octanol–water partition coefficient (Wildman–Crippen LogP) is 2.69. The average molecular weight is 372 g/mol. The molecule has 0 aliphatic carbocycles. The summed E-state index contributed by atoms with van der Waals surface area (Å²) in [6.45, 7) is 1.47. The van der Waals surface area contributed by atoms with Crippen LogP contribution in [0.5, 0.6) is 0 Å². The number of amides is 1. The molecule has 3 rings (SSSR count). The van der Waals surface area contributed by atoms with Gasteiger partial charge in [-0.15, -0.1) is 0 Å². The van der Waals surface area contributed by atoms with Crippen molar-refractivity contribution in [1.82, 2.24) is 4.57 Å². The van der Waals surface area contributed by atoms with Crippen molar-refractivity contribution in [2.24, 2.45) is 0 Å². The molecule has 1 heterocycles. The largest absolute Gasteiger partial charge is 0.452 e. The first-order chi connectivity index (χ1) is 12.9. The third kappa shape index (κ3) is 4.41. The first-order valence-corrected chi connectivity index (χ1v) is 8.28. The number of nitrogens with one attached hydrogen (secondary N) is 1. The fraction of sp³-hybridized carbons (Fsp3) is 0.211. The number of carbonyl (C=O) groups excluding carboxylic acids is 2. The van der Waals surface area contributed by atoms with E-state index in [1.165, 1.54) is 29.7 Å². The summed E-state index contributed by atoms with van der Waals surface area (Å²) < 4.78 is 24.6. The highest BCUT2D eigenvalue weighted by molar-refractivity contribution is 5.95. The minimum atomic E-state index is -1.07. The van der Waals surface area contributed by atoms with Crippen LogP contribution in [0.2, 0.25) is 0 Å². The Bertz CT molecular complexity index is 1040. The Kier molecular flexibility index (Phi) is 5.35. The zero-order chi connectivity index (χ0) is 19.4. The van der Waals surface area contributed by atoms with E-state index in [1.54, 1.807) is 24.3 Å². The monoisotopic (exact) mass is 372 g/mol. The molecule has 0 fully saturated rings. The van der Waals surface area contributed by atoms with Gasteiger partial charge in [-0.05, 0) is 37.3 Å². The second kappa shape index (κ2) is 7.86. The molecule has 0 saturated heterocycles. The summed E-state index contributed by atoms with van der Waals surface area (Å²) in [7, 11) is 0. The highest BCUT2D eigenvalue weighted by Gasteiger charge is 2.19. The number of oxazole rings is 1. The predicted molar refractivity (Wildman–Crippen MR) is 95.7 cm³/mol. The molecule has 0 aliphatic rings. The number of esters is 1. The molecule has 140 valence electrons. The number of aromatic nitrogens is 1. The molecule has 3 aromatic rings. The first kappa shape index (κ1) is 18.4. The minimum absolute atomic E-state index is 0.0624. The van der Waals surface area contributed by atoms with Gasteiger partial charge < -0.3 is 14.5 Å². The van der Waals surface area contributed by atoms with Crippen LogP contribution in [0.25, 0.3) is 11.1 Å². The molecule has 0 unspecified atom stereocenters. The topological polar surface area (TPSA) is 90.5 Å². The average Bonchev–Trinajstić information content (AvgIpc) is 2.95. The van der Waals surface area contributed by atoms with E-state index in [-0.39, 0.29) is 18.7 Å². The lowest BCUT2D eigenvalue weighted by atomic mass is 10.3. The molecule has 0 spiro atoms. The molecule has 2 aromatic carbocycles. The second-order valence-corrected chi connectivity index (χ2v) is 5.87. The normalized spacial score (nSPS) is 11.9. The second-order valence-electron chi connectivity index (χ2n) is 5.87. The number of para-hydroxylation sites is 2. The Morgan fingerprint density at radius 1 is 1.22 bits per heavy atom. The van der Waals surface area contributed by atoms with Crippen molar-refractivity contribution in [2.75, 3.05) is 5.32 Å². The van der Waals surface area contributed by atoms with E-state index in [0.29, 0.717) is 11.1 Å². The highest BCUT2D eigenvalue weighted by Crippen LogP contribution is 2.13. The summed E-state index contributed by atoms with van der Waals surface area (Å²) in [6.07, 6.45) is -1.18. The number of anilines is 1. The van der Waals surface area contributed by atoms with E-state index >= 15 is 0 Å². The maximum Gasteiger partial charge on any atom is 0.419 e. The number of halogens is 1. The summed E-state index contributed by atoms with van der Waals surface area (Å²) in [6, 6.07) is 12.2. The van der Waals surface area contributed by atoms with Gasteiger partial charge in [-0.2, -0.15) is 0 Å². The molecule has 1 N–H and O–H groups in total. The number of hydrogen-bond donors (Lipinski definition) is 1. The number of rotatable bonds is 6. The van der Waals surface area contributed by atoms with Crippen LogP contribution >= 0.6 is 0 Å². The summed E-state index contributed by atoms with van der Waals surface area (Å²) >= 11 is 0. The van der Waals surface area contributed by atoms with Crippen LogP contribution in [0.3, 0.4) is 0 Å². The molecule has 1 aromatic heterocycles. The smallest absolute Gasteiger partial charge is 0.419 e. The third-order valence-electron chi connectivity index (χ3n) is 3.88. The van der Waals surface area contributed by atoms with E-state index in [4.69, 9.17) is 9.15 Å². The fourth-order valence-corrected chi connectivity index (χ4v) is 2.55. The van der Waals surface area contributed by atoms with E-state index < -0.39 is 29.6 Å². The fourth-order valence-electron chi connectivity index (χ4n) is 2.55. The van der Waals surface area contributed by atoms with Gasteiger partial charge in [-0.3, -0.25) is 14.2 Å². The summed E-state index contributed by atoms with van der Waals surface area (Å²) in [5.41, 5.74) is 1.27. The van der Waals surface area contributed by atoms with Gasteiger partial charge in [0.25, 0.3) is 5.91 Å². The van der Waals surface area contributed by atoms with E-state index in [0.717, 1.165) is 6.07 Å². The minimum Gasteiger partial charge on any atom is -0.452 e. The Morgan fingerprint density at radius 2 is 2.00 bits per heavy atom. The van der Waals surface area contributed by atoms with Crippen molar-refractivity contribution in [3.8, 4) is 0 Å². The van der Waals surface area contributed by atoms with Crippen LogP contribution in [-0.2, 0) is 20.9 Å². The lowest BCUT2D eigenvalue weighted by Gasteiger charge is -2.13. The van der Waals surface area contributed by atoms with Crippen LogP contribution in [0.1, 0.15) is 13.3 Å². The van der Waals surface area contributed by atoms with Gasteiger partial charge >= 0.3 is 11.7 Å². The molecule has 27 heavy (non-hydrogen) atoms. The molecular formula is C19H17FN2O5. The van der Waals surface area contributed by atoms with Crippen molar-refractivity contribution in [3.63, 3.8) is 0 Å². The Hall–Kier alpha value is -3.42. The van der Waals surface area contributed by atoms with Crippen molar-refractivity contribution in [3.05, 3.63) is 64.9 Å². The molecule has 0 saturated carbocycles. The number of hydrogen-bond acceptors (Lipinski definition) is 5. The zero-order valence-corrected chi connectivity index (χ0v) is 14.5. The van der Waals surface area contributed by atoms with Gasteiger partial charge in [0.15, 0.2) is 11.7 Å². The molecule has 7 nitrogen and oxygen atoms in total. The standard InChI is InChI=1S/C19H17FN2O5/c1-12(18(24)21-14-6-4-5-13(20)11-14)26-17(23)9-10-22-15-7-2-3-8-16(15)27-19(22)25/h2-8,11-12H,9-10H2,1H3,(H,21,24)/t12-/m1/s1. The van der Waals surface area contributed by atoms with Crippen LogP contribution in [-0.4, -0.2) is 22.5 Å². The highest BCUT2D eigenvalue weighted by atomic mass is 19.1. The molecule has 0 bridgehead atoms. The third-order valence-corrected chi connectivity index (χ3v) is 3.88. The summed E-state index contributed by atoms with van der Waals surface area (Å²) in [5, 5.41) is 2.46. The molecule has 1 amide bonds. The number of nitrogens with zero attached hydrogens (tertiary/aromatic N) is 1. The van der Waals surface area contributed by atoms with E-state index in [2.05, 4.69) is 5.32 Å². The van der Waals surface area contributed by atoms with E-state index in [1.807, 2.05) is 0 Å². The Morgan fingerprint density at radius 3 is 2.78 bits per heavy atom. The number of ether oxygens (including phenoxy) is 1. The van der Waals surface area contributed by atoms with Crippen LogP contribution in [0.15, 0.2) is 57.7 Å². The lowest BCUT2D eigenvalue weighted by Crippen LogP contribution is -2.30. The van der Waals surface area contributed by atoms with Crippen LogP contribution in [0.4, 0.5) is 10.1 Å². The Balaban J connectivity index is 1.56.